The van der Waals surface area contributed by atoms with Crippen molar-refractivity contribution in [1.29, 1.82) is 0 Å². The first-order valence-electron chi connectivity index (χ1n) is 15.5. The largest absolute Gasteiger partial charge is 0.416 e. The molecule has 44 heavy (non-hydrogen) atoms. The van der Waals surface area contributed by atoms with Crippen molar-refractivity contribution in [3.8, 4) is 0 Å². The molecule has 1 spiro atoms. The topological polar surface area (TPSA) is 43.9 Å². The molecule has 6 rings (SSSR count). The van der Waals surface area contributed by atoms with E-state index in [1.807, 2.05) is 35.2 Å². The van der Waals surface area contributed by atoms with Gasteiger partial charge in [-0.3, -0.25) is 9.59 Å². The average Bonchev–Trinajstić information content (AvgIpc) is 3.75. The molecule has 2 atom stereocenters. The molecule has 0 N–H and O–H groups in total. The van der Waals surface area contributed by atoms with Crippen LogP contribution in [0.3, 0.4) is 0 Å². The fourth-order valence-corrected chi connectivity index (χ4v) is 7.41. The quantitative estimate of drug-likeness (QED) is 0.339. The van der Waals surface area contributed by atoms with Crippen molar-refractivity contribution >= 4 is 11.8 Å². The Kier molecular flexibility index (Phi) is 8.22. The van der Waals surface area contributed by atoms with E-state index in [2.05, 4.69) is 4.90 Å². The highest BCUT2D eigenvalue weighted by atomic mass is 19.4. The third kappa shape index (κ3) is 6.77. The van der Waals surface area contributed by atoms with Gasteiger partial charge in [0.05, 0.1) is 11.1 Å². The zero-order chi connectivity index (χ0) is 31.3. The maximum atomic E-state index is 13.7. The Bertz CT molecular complexity index is 1330. The summed E-state index contributed by atoms with van der Waals surface area (Å²) >= 11 is 0. The zero-order valence-corrected chi connectivity index (χ0v) is 24.5. The Morgan fingerprint density at radius 1 is 0.864 bits per heavy atom. The van der Waals surface area contributed by atoms with E-state index >= 15 is 0 Å². The molecule has 2 aromatic rings. The SMILES string of the molecule is O=C1CC2(CCN(C3CCN(C(=O)c4cc(C(F)(F)F)cc(C(F)(F)F)c4)C(Cc4ccccc4)C3)CC2)CN1CC1CC1. The molecule has 238 valence electrons. The molecule has 2 amide bonds. The molecule has 4 fully saturated rings. The van der Waals surface area contributed by atoms with E-state index in [4.69, 9.17) is 0 Å². The van der Waals surface area contributed by atoms with Crippen LogP contribution in [0.25, 0.3) is 0 Å². The molecule has 4 aliphatic rings. The molecular weight excluding hydrogens is 584 g/mol. The molecule has 3 heterocycles. The first kappa shape index (κ1) is 30.9. The summed E-state index contributed by atoms with van der Waals surface area (Å²) in [5, 5.41) is 0. The second-order valence-electron chi connectivity index (χ2n) is 13.2. The Balaban J connectivity index is 1.19. The van der Waals surface area contributed by atoms with Gasteiger partial charge in [-0.1, -0.05) is 30.3 Å². The van der Waals surface area contributed by atoms with Crippen molar-refractivity contribution in [1.82, 2.24) is 14.7 Å². The zero-order valence-electron chi connectivity index (χ0n) is 24.5. The van der Waals surface area contributed by atoms with Crippen molar-refractivity contribution in [2.24, 2.45) is 11.3 Å². The number of piperidine rings is 2. The highest BCUT2D eigenvalue weighted by Crippen LogP contribution is 2.44. The third-order valence-electron chi connectivity index (χ3n) is 10.1. The second-order valence-corrected chi connectivity index (χ2v) is 13.2. The fourth-order valence-electron chi connectivity index (χ4n) is 7.41. The number of benzene rings is 2. The van der Waals surface area contributed by atoms with Gasteiger partial charge in [-0.2, -0.15) is 26.3 Å². The monoisotopic (exact) mass is 621 g/mol. The summed E-state index contributed by atoms with van der Waals surface area (Å²) in [4.78, 5) is 32.3. The number of nitrogens with zero attached hydrogens (tertiary/aromatic N) is 3. The lowest BCUT2D eigenvalue weighted by Gasteiger charge is -2.47. The molecule has 3 aliphatic heterocycles. The molecule has 1 saturated carbocycles. The number of rotatable bonds is 6. The van der Waals surface area contributed by atoms with Crippen molar-refractivity contribution in [3.63, 3.8) is 0 Å². The van der Waals surface area contributed by atoms with Gasteiger partial charge in [0.15, 0.2) is 0 Å². The van der Waals surface area contributed by atoms with E-state index in [9.17, 15) is 35.9 Å². The van der Waals surface area contributed by atoms with E-state index in [0.717, 1.165) is 44.6 Å². The minimum Gasteiger partial charge on any atom is -0.342 e. The Morgan fingerprint density at radius 3 is 2.09 bits per heavy atom. The van der Waals surface area contributed by atoms with E-state index in [1.54, 1.807) is 0 Å². The van der Waals surface area contributed by atoms with Crippen LogP contribution in [0.1, 0.15) is 72.0 Å². The predicted octanol–water partition coefficient (Wildman–Crippen LogP) is 6.66. The van der Waals surface area contributed by atoms with E-state index in [1.165, 1.54) is 17.7 Å². The van der Waals surface area contributed by atoms with Gasteiger partial charge in [-0.15, -0.1) is 0 Å². The minimum atomic E-state index is -5.03. The first-order chi connectivity index (χ1) is 20.8. The predicted molar refractivity (Wildman–Crippen MR) is 152 cm³/mol. The Labute approximate surface area is 253 Å². The molecule has 0 radical (unpaired) electrons. The van der Waals surface area contributed by atoms with Gasteiger partial charge in [0.2, 0.25) is 5.91 Å². The molecule has 0 aromatic heterocycles. The van der Waals surface area contributed by atoms with Crippen molar-refractivity contribution in [3.05, 3.63) is 70.8 Å². The molecule has 5 nitrogen and oxygen atoms in total. The van der Waals surface area contributed by atoms with Crippen LogP contribution in [-0.2, 0) is 23.6 Å². The molecule has 11 heteroatoms. The lowest BCUT2D eigenvalue weighted by molar-refractivity contribution is -0.143. The first-order valence-corrected chi connectivity index (χ1v) is 15.5. The summed E-state index contributed by atoms with van der Waals surface area (Å²) in [6.45, 7) is 3.56. The number of carbonyl (C=O) groups is 2. The standard InChI is InChI=1S/C33H37F6N3O2/c34-32(35,36)25-15-24(16-26(17-25)33(37,38)39)30(44)42-11-8-27(18-28(42)14-22-4-2-1-3-5-22)40-12-9-31(10-13-40)19-29(43)41(21-31)20-23-6-7-23/h1-5,15-17,23,27-28H,6-14,18-21H2. The molecule has 3 saturated heterocycles. The van der Waals surface area contributed by atoms with Crippen LogP contribution >= 0.6 is 0 Å². The molecular formula is C33H37F6N3O2. The van der Waals surface area contributed by atoms with Crippen LogP contribution < -0.4 is 0 Å². The summed E-state index contributed by atoms with van der Waals surface area (Å²) in [6.07, 6.45) is -3.67. The number of alkyl halides is 6. The van der Waals surface area contributed by atoms with Crippen LogP contribution in [0.15, 0.2) is 48.5 Å². The molecule has 0 bridgehead atoms. The van der Waals surface area contributed by atoms with Crippen LogP contribution in [-0.4, -0.2) is 71.3 Å². The van der Waals surface area contributed by atoms with Crippen LogP contribution in [0.5, 0.6) is 0 Å². The maximum Gasteiger partial charge on any atom is 0.416 e. The number of carbonyl (C=O) groups excluding carboxylic acids is 2. The summed E-state index contributed by atoms with van der Waals surface area (Å²) in [7, 11) is 0. The average molecular weight is 622 g/mol. The number of hydrogen-bond acceptors (Lipinski definition) is 3. The van der Waals surface area contributed by atoms with Gasteiger partial charge >= 0.3 is 12.4 Å². The van der Waals surface area contributed by atoms with Gasteiger partial charge in [-0.25, -0.2) is 0 Å². The maximum absolute atomic E-state index is 13.7. The molecule has 2 aromatic carbocycles. The third-order valence-corrected chi connectivity index (χ3v) is 10.1. The lowest BCUT2D eigenvalue weighted by atomic mass is 9.76. The normalized spacial score (nSPS) is 24.7. The van der Waals surface area contributed by atoms with Gasteiger partial charge in [-0.05, 0) is 93.1 Å². The summed E-state index contributed by atoms with van der Waals surface area (Å²) in [6, 6.07) is 10.2. The Hall–Kier alpha value is -3.08. The summed E-state index contributed by atoms with van der Waals surface area (Å²) < 4.78 is 81.3. The lowest BCUT2D eigenvalue weighted by Crippen LogP contribution is -2.55. The van der Waals surface area contributed by atoms with Gasteiger partial charge in [0, 0.05) is 43.7 Å². The van der Waals surface area contributed by atoms with E-state index in [0.29, 0.717) is 43.7 Å². The van der Waals surface area contributed by atoms with E-state index < -0.39 is 41.0 Å². The van der Waals surface area contributed by atoms with E-state index in [-0.39, 0.29) is 30.0 Å². The van der Waals surface area contributed by atoms with Gasteiger partial charge < -0.3 is 14.7 Å². The van der Waals surface area contributed by atoms with Gasteiger partial charge in [0.1, 0.15) is 0 Å². The number of hydrogen-bond donors (Lipinski definition) is 0. The summed E-state index contributed by atoms with van der Waals surface area (Å²) in [5.74, 6) is 0.0850. The molecule has 1 aliphatic carbocycles. The smallest absolute Gasteiger partial charge is 0.342 e. The number of amides is 2. The number of likely N-dealkylation sites (tertiary alicyclic amines) is 3. The van der Waals surface area contributed by atoms with Crippen LogP contribution in [0, 0.1) is 11.3 Å². The van der Waals surface area contributed by atoms with Crippen molar-refractivity contribution in [2.45, 2.75) is 75.8 Å². The fraction of sp³-hybridized carbons (Fsp3) is 0.576. The Morgan fingerprint density at radius 2 is 1.50 bits per heavy atom. The minimum absolute atomic E-state index is 0.00225. The highest BCUT2D eigenvalue weighted by Gasteiger charge is 2.47. The number of halogens is 6. The van der Waals surface area contributed by atoms with Crippen LogP contribution in [0.4, 0.5) is 26.3 Å². The second kappa shape index (κ2) is 11.7. The van der Waals surface area contributed by atoms with Crippen molar-refractivity contribution in [2.75, 3.05) is 32.7 Å². The molecule has 2 unspecified atom stereocenters. The van der Waals surface area contributed by atoms with Crippen LogP contribution in [0.2, 0.25) is 0 Å². The highest BCUT2D eigenvalue weighted by molar-refractivity contribution is 5.95. The van der Waals surface area contributed by atoms with Gasteiger partial charge in [0.25, 0.3) is 5.91 Å². The summed E-state index contributed by atoms with van der Waals surface area (Å²) in [5.41, 5.74) is -2.65. The van der Waals surface area contributed by atoms with Crippen molar-refractivity contribution < 1.29 is 35.9 Å².